The van der Waals surface area contributed by atoms with Gasteiger partial charge in [-0.15, -0.1) is 0 Å². The minimum Gasteiger partial charge on any atom is -0.314 e. The van der Waals surface area contributed by atoms with Crippen molar-refractivity contribution in [1.29, 1.82) is 5.41 Å². The molecule has 0 saturated heterocycles. The zero-order valence-corrected chi connectivity index (χ0v) is 15.4. The Hall–Kier alpha value is -3.00. The molecule has 3 rings (SSSR count). The molecular weight excluding hydrogens is 400 g/mol. The number of Topliss-reactive ketones (excluding diaryl/α,β-unsaturated/α-hetero) is 1. The molecule has 0 aliphatic rings. The van der Waals surface area contributed by atoms with E-state index in [4.69, 9.17) is 5.41 Å². The third-order valence-electron chi connectivity index (χ3n) is 4.06. The highest BCUT2D eigenvalue weighted by molar-refractivity contribution is 9.10. The van der Waals surface area contributed by atoms with Crippen LogP contribution in [0.2, 0.25) is 0 Å². The number of nitro benzene ring substituents is 1. The van der Waals surface area contributed by atoms with Crippen LogP contribution >= 0.6 is 15.9 Å². The summed E-state index contributed by atoms with van der Waals surface area (Å²) >= 11 is 3.33. The first kappa shape index (κ1) is 17.8. The van der Waals surface area contributed by atoms with Crippen LogP contribution in [-0.4, -0.2) is 19.8 Å². The van der Waals surface area contributed by atoms with Gasteiger partial charge in [0, 0.05) is 41.0 Å². The van der Waals surface area contributed by atoms with Crippen molar-refractivity contribution in [3.05, 3.63) is 80.5 Å². The van der Waals surface area contributed by atoms with Gasteiger partial charge in [-0.1, -0.05) is 40.2 Å². The Balaban J connectivity index is 1.94. The number of aromatic nitrogens is 2. The second kappa shape index (κ2) is 7.09. The lowest BCUT2D eigenvalue weighted by molar-refractivity contribution is -0.384. The number of nitrogens with one attached hydrogen (secondary N) is 1. The standard InChI is InChI=1S/C18H15BrN4O3/c1-21-16(13-3-2-4-15(9-13)23(25)26)10-22(18(21)20)11-17(24)12-5-7-14(19)8-6-12/h2-10,20H,11H2,1H3. The highest BCUT2D eigenvalue weighted by Gasteiger charge is 2.14. The summed E-state index contributed by atoms with van der Waals surface area (Å²) in [5, 5.41) is 19.2. The molecule has 0 radical (unpaired) electrons. The smallest absolute Gasteiger partial charge is 0.270 e. The van der Waals surface area contributed by atoms with Crippen LogP contribution in [0.15, 0.2) is 59.2 Å². The van der Waals surface area contributed by atoms with Gasteiger partial charge in [0.2, 0.25) is 5.62 Å². The van der Waals surface area contributed by atoms with E-state index in [1.807, 2.05) is 0 Å². The number of imidazole rings is 1. The molecule has 0 bridgehead atoms. The Morgan fingerprint density at radius 3 is 2.58 bits per heavy atom. The monoisotopic (exact) mass is 414 g/mol. The quantitative estimate of drug-likeness (QED) is 0.393. The van der Waals surface area contributed by atoms with E-state index < -0.39 is 4.92 Å². The molecule has 1 heterocycles. The molecule has 0 amide bonds. The molecular formula is C18H15BrN4O3. The maximum Gasteiger partial charge on any atom is 0.270 e. The van der Waals surface area contributed by atoms with Crippen LogP contribution < -0.4 is 5.62 Å². The third-order valence-corrected chi connectivity index (χ3v) is 4.59. The summed E-state index contributed by atoms with van der Waals surface area (Å²) in [6.45, 7) is 0.0171. The molecule has 0 unspecified atom stereocenters. The van der Waals surface area contributed by atoms with Crippen LogP contribution in [-0.2, 0) is 13.6 Å². The molecule has 0 atom stereocenters. The Kier molecular flexibility index (Phi) is 4.85. The lowest BCUT2D eigenvalue weighted by Crippen LogP contribution is -2.25. The summed E-state index contributed by atoms with van der Waals surface area (Å²) in [4.78, 5) is 23.0. The molecule has 0 spiro atoms. The van der Waals surface area contributed by atoms with E-state index in [2.05, 4.69) is 15.9 Å². The zero-order chi connectivity index (χ0) is 18.8. The lowest BCUT2D eigenvalue weighted by atomic mass is 10.1. The van der Waals surface area contributed by atoms with Gasteiger partial charge in [-0.05, 0) is 12.1 Å². The summed E-state index contributed by atoms with van der Waals surface area (Å²) in [5.41, 5.74) is 1.91. The summed E-state index contributed by atoms with van der Waals surface area (Å²) in [6.07, 6.45) is 1.66. The maximum atomic E-state index is 12.5. The predicted molar refractivity (Wildman–Crippen MR) is 99.8 cm³/mol. The molecule has 1 N–H and O–H groups in total. The van der Waals surface area contributed by atoms with E-state index >= 15 is 0 Å². The molecule has 2 aromatic carbocycles. The van der Waals surface area contributed by atoms with Crippen molar-refractivity contribution in [1.82, 2.24) is 9.13 Å². The first-order valence-corrected chi connectivity index (χ1v) is 8.50. The van der Waals surface area contributed by atoms with Crippen LogP contribution in [0.3, 0.4) is 0 Å². The number of nitro groups is 1. The largest absolute Gasteiger partial charge is 0.314 e. The first-order chi connectivity index (χ1) is 12.4. The summed E-state index contributed by atoms with van der Waals surface area (Å²) in [7, 11) is 1.69. The molecule has 0 aliphatic carbocycles. The van der Waals surface area contributed by atoms with Crippen LogP contribution in [0.4, 0.5) is 5.69 Å². The van der Waals surface area contributed by atoms with E-state index in [-0.39, 0.29) is 23.6 Å². The molecule has 0 saturated carbocycles. The Bertz CT molecular complexity index is 1050. The van der Waals surface area contributed by atoms with Gasteiger partial charge in [-0.3, -0.25) is 20.3 Å². The van der Waals surface area contributed by atoms with Crippen molar-refractivity contribution in [2.24, 2.45) is 7.05 Å². The second-order valence-corrected chi connectivity index (χ2v) is 6.68. The van der Waals surface area contributed by atoms with Gasteiger partial charge < -0.3 is 9.13 Å². The van der Waals surface area contributed by atoms with Crippen molar-refractivity contribution < 1.29 is 9.72 Å². The van der Waals surface area contributed by atoms with Gasteiger partial charge in [0.25, 0.3) is 5.69 Å². The van der Waals surface area contributed by atoms with E-state index in [1.165, 1.54) is 16.7 Å². The third kappa shape index (κ3) is 3.50. The number of hydrogen-bond donors (Lipinski definition) is 1. The number of hydrogen-bond acceptors (Lipinski definition) is 4. The minimum absolute atomic E-state index is 0.0171. The minimum atomic E-state index is -0.459. The fourth-order valence-corrected chi connectivity index (χ4v) is 2.92. The van der Waals surface area contributed by atoms with Crippen molar-refractivity contribution in [3.63, 3.8) is 0 Å². The van der Waals surface area contributed by atoms with E-state index in [9.17, 15) is 14.9 Å². The molecule has 3 aromatic rings. The van der Waals surface area contributed by atoms with Crippen LogP contribution in [0.1, 0.15) is 10.4 Å². The Morgan fingerprint density at radius 2 is 1.92 bits per heavy atom. The van der Waals surface area contributed by atoms with Crippen molar-refractivity contribution >= 4 is 27.4 Å². The maximum absolute atomic E-state index is 12.5. The van der Waals surface area contributed by atoms with Gasteiger partial charge >= 0.3 is 0 Å². The number of non-ortho nitro benzene ring substituents is 1. The molecule has 0 fully saturated rings. The van der Waals surface area contributed by atoms with Crippen LogP contribution in [0.5, 0.6) is 0 Å². The molecule has 7 nitrogen and oxygen atoms in total. The predicted octanol–water partition coefficient (Wildman–Crippen LogP) is 3.53. The number of benzene rings is 2. The van der Waals surface area contributed by atoms with Crippen LogP contribution in [0, 0.1) is 15.5 Å². The summed E-state index contributed by atoms with van der Waals surface area (Å²) in [6, 6.07) is 13.2. The first-order valence-electron chi connectivity index (χ1n) is 7.71. The normalized spacial score (nSPS) is 10.7. The highest BCUT2D eigenvalue weighted by Crippen LogP contribution is 2.23. The number of halogens is 1. The van der Waals surface area contributed by atoms with Crippen LogP contribution in [0.25, 0.3) is 11.3 Å². The Labute approximate surface area is 157 Å². The highest BCUT2D eigenvalue weighted by atomic mass is 79.9. The second-order valence-electron chi connectivity index (χ2n) is 5.76. The van der Waals surface area contributed by atoms with Crippen molar-refractivity contribution in [2.45, 2.75) is 6.54 Å². The van der Waals surface area contributed by atoms with Gasteiger partial charge in [0.05, 0.1) is 17.2 Å². The molecule has 8 heteroatoms. The topological polar surface area (TPSA) is 93.9 Å². The summed E-state index contributed by atoms with van der Waals surface area (Å²) < 4.78 is 4.00. The Morgan fingerprint density at radius 1 is 1.23 bits per heavy atom. The van der Waals surface area contributed by atoms with Gasteiger partial charge in [0.1, 0.15) is 0 Å². The molecule has 26 heavy (non-hydrogen) atoms. The van der Waals surface area contributed by atoms with Gasteiger partial charge in [0.15, 0.2) is 5.78 Å². The van der Waals surface area contributed by atoms with Crippen molar-refractivity contribution in [3.8, 4) is 11.3 Å². The zero-order valence-electron chi connectivity index (χ0n) is 13.8. The van der Waals surface area contributed by atoms with Gasteiger partial charge in [-0.2, -0.15) is 0 Å². The van der Waals surface area contributed by atoms with E-state index in [0.29, 0.717) is 16.8 Å². The molecule has 132 valence electrons. The fraction of sp³-hybridized carbons (Fsp3) is 0.111. The number of carbonyl (C=O) groups is 1. The average Bonchev–Trinajstić information content (AvgIpc) is 2.91. The van der Waals surface area contributed by atoms with Crippen molar-refractivity contribution in [2.75, 3.05) is 0 Å². The number of ketones is 1. The van der Waals surface area contributed by atoms with Gasteiger partial charge in [-0.25, -0.2) is 0 Å². The fourth-order valence-electron chi connectivity index (χ4n) is 2.65. The van der Waals surface area contributed by atoms with E-state index in [1.54, 1.807) is 54.2 Å². The number of nitrogens with zero attached hydrogens (tertiary/aromatic N) is 3. The SMILES string of the molecule is Cn1c(-c2cccc([N+](=O)[O-])c2)cn(CC(=O)c2ccc(Br)cc2)c1=N. The van der Waals surface area contributed by atoms with E-state index in [0.717, 1.165) is 4.47 Å². The number of carbonyl (C=O) groups excluding carboxylic acids is 1. The molecule has 0 aliphatic heterocycles. The molecule has 1 aromatic heterocycles. The average molecular weight is 415 g/mol. The lowest BCUT2D eigenvalue weighted by Gasteiger charge is -2.02. The summed E-state index contributed by atoms with van der Waals surface area (Å²) in [5.74, 6) is -0.118. The number of rotatable bonds is 5.